The van der Waals surface area contributed by atoms with E-state index in [1.165, 1.54) is 24.3 Å². The SMILES string of the molecule is O=C(NC(C(=O)O)[C@@]12CC3CC(O)(CC(Cl)(C3)C1)C2)c1ccc2ccccc2c1OCc1ccc(OC(F)(F)F)cc1. The van der Waals surface area contributed by atoms with Crippen LogP contribution in [0.15, 0.2) is 60.7 Å². The minimum Gasteiger partial charge on any atom is -0.487 e. The van der Waals surface area contributed by atoms with Crippen LogP contribution in [0.25, 0.3) is 10.8 Å². The maximum Gasteiger partial charge on any atom is 0.573 e. The zero-order valence-electron chi connectivity index (χ0n) is 22.4. The number of amides is 1. The third kappa shape index (κ3) is 5.49. The molecule has 0 aliphatic heterocycles. The lowest BCUT2D eigenvalue weighted by atomic mass is 9.45. The Labute approximate surface area is 244 Å². The Kier molecular flexibility index (Phi) is 6.85. The molecule has 3 aromatic carbocycles. The van der Waals surface area contributed by atoms with Crippen LogP contribution >= 0.6 is 11.6 Å². The van der Waals surface area contributed by atoms with Gasteiger partial charge >= 0.3 is 12.3 Å². The van der Waals surface area contributed by atoms with Crippen molar-refractivity contribution in [2.75, 3.05) is 0 Å². The predicted octanol–water partition coefficient (Wildman–Crippen LogP) is 6.19. The number of carbonyl (C=O) groups is 2. The largest absolute Gasteiger partial charge is 0.573 e. The summed E-state index contributed by atoms with van der Waals surface area (Å²) >= 11 is 6.89. The number of hydrogen-bond acceptors (Lipinski definition) is 5. The molecule has 42 heavy (non-hydrogen) atoms. The van der Waals surface area contributed by atoms with Gasteiger partial charge in [-0.05, 0) is 73.6 Å². The van der Waals surface area contributed by atoms with E-state index in [4.69, 9.17) is 16.3 Å². The van der Waals surface area contributed by atoms with Crippen molar-refractivity contribution in [2.45, 2.75) is 68.0 Å². The molecule has 4 aliphatic carbocycles. The van der Waals surface area contributed by atoms with Gasteiger partial charge in [0, 0.05) is 15.7 Å². The molecule has 0 spiro atoms. The van der Waals surface area contributed by atoms with Gasteiger partial charge in [0.25, 0.3) is 5.91 Å². The molecule has 1 amide bonds. The van der Waals surface area contributed by atoms with E-state index < -0.39 is 40.2 Å². The Bertz CT molecular complexity index is 1530. The number of carboxylic acid groups (broad SMARTS) is 1. The molecule has 0 saturated heterocycles. The van der Waals surface area contributed by atoms with E-state index in [0.717, 1.165) is 5.39 Å². The number of aliphatic hydroxyl groups is 1. The fraction of sp³-hybridized carbons (Fsp3) is 0.419. The number of halogens is 4. The molecular weight excluding hydrogens is 575 g/mol. The molecule has 7 nitrogen and oxygen atoms in total. The molecule has 4 fully saturated rings. The molecule has 0 aromatic heterocycles. The van der Waals surface area contributed by atoms with Crippen LogP contribution in [-0.4, -0.2) is 45.0 Å². The molecule has 4 aliphatic rings. The van der Waals surface area contributed by atoms with Crippen LogP contribution in [-0.2, 0) is 11.4 Å². The summed E-state index contributed by atoms with van der Waals surface area (Å²) in [5.41, 5.74) is -1.31. The van der Waals surface area contributed by atoms with Crippen molar-refractivity contribution in [3.63, 3.8) is 0 Å². The van der Waals surface area contributed by atoms with Crippen molar-refractivity contribution in [3.8, 4) is 11.5 Å². The standard InChI is InChI=1S/C31H29ClF3NO6/c32-29-12-19-11-28(15-29,16-30(40,13-19)17-29)25(27(38)39)36-26(37)23-10-7-20-3-1-2-4-22(20)24(23)41-14-18-5-8-21(9-6-18)42-31(33,34)35/h1-10,19,25,40H,11-17H2,(H,36,37)(H,38,39)/t19?,25?,28-,29?,30?/m0/s1. The minimum atomic E-state index is -4.81. The van der Waals surface area contributed by atoms with Crippen molar-refractivity contribution in [2.24, 2.45) is 11.3 Å². The highest BCUT2D eigenvalue weighted by Gasteiger charge is 2.66. The Morgan fingerprint density at radius 3 is 2.40 bits per heavy atom. The fourth-order valence-corrected chi connectivity index (χ4v) is 8.60. The number of alkyl halides is 4. The lowest BCUT2D eigenvalue weighted by Gasteiger charge is -2.64. The van der Waals surface area contributed by atoms with Crippen molar-refractivity contribution in [1.82, 2.24) is 5.32 Å². The van der Waals surface area contributed by atoms with E-state index in [2.05, 4.69) is 10.1 Å². The number of fused-ring (bicyclic) bond motifs is 1. The molecule has 0 heterocycles. The van der Waals surface area contributed by atoms with Gasteiger partial charge in [0.2, 0.25) is 0 Å². The molecule has 3 aromatic rings. The Balaban J connectivity index is 1.28. The van der Waals surface area contributed by atoms with Gasteiger partial charge in [-0.2, -0.15) is 0 Å². The van der Waals surface area contributed by atoms with Crippen LogP contribution < -0.4 is 14.8 Å². The second kappa shape index (κ2) is 10.1. The van der Waals surface area contributed by atoms with Crippen LogP contribution in [0.5, 0.6) is 11.5 Å². The summed E-state index contributed by atoms with van der Waals surface area (Å²) in [4.78, 5) is 25.8. The van der Waals surface area contributed by atoms with Crippen molar-refractivity contribution in [1.29, 1.82) is 0 Å². The number of benzene rings is 3. The molecule has 222 valence electrons. The third-order valence-electron chi connectivity index (χ3n) is 8.81. The summed E-state index contributed by atoms with van der Waals surface area (Å²) in [6, 6.07) is 14.4. The zero-order valence-corrected chi connectivity index (χ0v) is 23.2. The predicted molar refractivity (Wildman–Crippen MR) is 147 cm³/mol. The van der Waals surface area contributed by atoms with Crippen LogP contribution in [0.2, 0.25) is 0 Å². The van der Waals surface area contributed by atoms with Gasteiger partial charge in [0.1, 0.15) is 24.1 Å². The first-order valence-electron chi connectivity index (χ1n) is 13.7. The molecule has 3 N–H and O–H groups in total. The third-order valence-corrected chi connectivity index (χ3v) is 9.23. The minimum absolute atomic E-state index is 0.0731. The number of hydrogen-bond donors (Lipinski definition) is 3. The van der Waals surface area contributed by atoms with Gasteiger partial charge in [0.15, 0.2) is 0 Å². The van der Waals surface area contributed by atoms with Crippen LogP contribution in [0.4, 0.5) is 13.2 Å². The van der Waals surface area contributed by atoms with Gasteiger partial charge in [0.05, 0.1) is 11.2 Å². The molecule has 4 unspecified atom stereocenters. The summed E-state index contributed by atoms with van der Waals surface area (Å²) < 4.78 is 47.6. The average molecular weight is 604 g/mol. The van der Waals surface area contributed by atoms with Gasteiger partial charge in [-0.1, -0.05) is 42.5 Å². The van der Waals surface area contributed by atoms with E-state index in [1.54, 1.807) is 24.3 Å². The zero-order chi connectivity index (χ0) is 29.9. The van der Waals surface area contributed by atoms with Gasteiger partial charge in [-0.15, -0.1) is 24.8 Å². The summed E-state index contributed by atoms with van der Waals surface area (Å²) in [6.07, 6.45) is -1.93. The number of nitrogens with one attached hydrogen (secondary N) is 1. The molecule has 4 saturated carbocycles. The van der Waals surface area contributed by atoms with Crippen LogP contribution in [0.1, 0.15) is 54.4 Å². The van der Waals surface area contributed by atoms with Crippen molar-refractivity contribution < 1.29 is 42.4 Å². The Morgan fingerprint density at radius 2 is 1.74 bits per heavy atom. The maximum absolute atomic E-state index is 13.8. The number of rotatable bonds is 8. The summed E-state index contributed by atoms with van der Waals surface area (Å²) in [5.74, 6) is -1.93. The van der Waals surface area contributed by atoms with Crippen molar-refractivity contribution in [3.05, 3.63) is 71.8 Å². The molecule has 11 heteroatoms. The topological polar surface area (TPSA) is 105 Å². The van der Waals surface area contributed by atoms with Crippen LogP contribution in [0.3, 0.4) is 0 Å². The average Bonchev–Trinajstić information content (AvgIpc) is 2.87. The highest BCUT2D eigenvalue weighted by Crippen LogP contribution is 2.66. The number of ether oxygens (including phenoxy) is 2. The molecule has 7 rings (SSSR count). The summed E-state index contributed by atoms with van der Waals surface area (Å²) in [7, 11) is 0. The lowest BCUT2D eigenvalue weighted by molar-refractivity contribution is -0.274. The second-order valence-corrected chi connectivity index (χ2v) is 12.9. The summed E-state index contributed by atoms with van der Waals surface area (Å²) in [6.45, 7) is -0.0731. The first-order chi connectivity index (χ1) is 19.8. The second-order valence-electron chi connectivity index (χ2n) is 12.1. The van der Waals surface area contributed by atoms with Crippen LogP contribution in [0, 0.1) is 11.3 Å². The normalized spacial score (nSPS) is 28.8. The van der Waals surface area contributed by atoms with E-state index in [0.29, 0.717) is 43.1 Å². The molecular formula is C31H29ClF3NO6. The Morgan fingerprint density at radius 1 is 1.00 bits per heavy atom. The first kappa shape index (κ1) is 28.6. The van der Waals surface area contributed by atoms with E-state index in [9.17, 15) is 33.0 Å². The molecule has 0 radical (unpaired) electrons. The van der Waals surface area contributed by atoms with Gasteiger partial charge in [-0.25, -0.2) is 4.79 Å². The Hall–Kier alpha value is -3.50. The van der Waals surface area contributed by atoms with Gasteiger partial charge < -0.3 is 25.0 Å². The number of aliphatic carboxylic acids is 1. The van der Waals surface area contributed by atoms with E-state index in [-0.39, 0.29) is 36.0 Å². The first-order valence-corrected chi connectivity index (χ1v) is 14.1. The monoisotopic (exact) mass is 603 g/mol. The van der Waals surface area contributed by atoms with E-state index >= 15 is 0 Å². The molecule has 4 bridgehead atoms. The van der Waals surface area contributed by atoms with Gasteiger partial charge in [-0.3, -0.25) is 4.79 Å². The quantitative estimate of drug-likeness (QED) is 0.265. The molecule has 5 atom stereocenters. The van der Waals surface area contributed by atoms with E-state index in [1.807, 2.05) is 12.1 Å². The smallest absolute Gasteiger partial charge is 0.487 e. The maximum atomic E-state index is 13.8. The number of carboxylic acids is 1. The van der Waals surface area contributed by atoms with Crippen molar-refractivity contribution >= 4 is 34.2 Å². The lowest BCUT2D eigenvalue weighted by Crippen LogP contribution is -2.67. The highest BCUT2D eigenvalue weighted by molar-refractivity contribution is 6.24. The fourth-order valence-electron chi connectivity index (χ4n) is 7.87. The highest BCUT2D eigenvalue weighted by atomic mass is 35.5. The number of carbonyl (C=O) groups excluding carboxylic acids is 1. The summed E-state index contributed by atoms with van der Waals surface area (Å²) in [5, 5.41) is 25.7.